The van der Waals surface area contributed by atoms with Gasteiger partial charge in [0.1, 0.15) is 0 Å². The van der Waals surface area contributed by atoms with Crippen molar-refractivity contribution >= 4 is 23.4 Å². The smallest absolute Gasteiger partial charge is 0.234 e. The number of benzene rings is 2. The molecule has 3 nitrogen and oxygen atoms in total. The molecular formula is C21H20N2OS. The average Bonchev–Trinajstić information content (AvgIpc) is 2.64. The second kappa shape index (κ2) is 8.49. The van der Waals surface area contributed by atoms with E-state index in [0.717, 1.165) is 17.0 Å². The Balaban J connectivity index is 1.50. The van der Waals surface area contributed by atoms with Crippen molar-refractivity contribution in [2.75, 3.05) is 11.1 Å². The maximum absolute atomic E-state index is 12.1. The first kappa shape index (κ1) is 17.2. The molecule has 2 aromatic carbocycles. The van der Waals surface area contributed by atoms with Gasteiger partial charge in [0.15, 0.2) is 0 Å². The highest BCUT2D eigenvalue weighted by atomic mass is 32.2. The van der Waals surface area contributed by atoms with E-state index in [1.54, 1.807) is 24.2 Å². The fourth-order valence-electron chi connectivity index (χ4n) is 2.42. The van der Waals surface area contributed by atoms with Crippen molar-refractivity contribution in [3.05, 3.63) is 89.7 Å². The van der Waals surface area contributed by atoms with Crippen LogP contribution in [-0.4, -0.2) is 16.6 Å². The minimum Gasteiger partial charge on any atom is -0.325 e. The number of carbonyl (C=O) groups is 1. The number of amides is 1. The zero-order valence-corrected chi connectivity index (χ0v) is 14.9. The van der Waals surface area contributed by atoms with Gasteiger partial charge in [0.2, 0.25) is 5.91 Å². The van der Waals surface area contributed by atoms with Gasteiger partial charge in [-0.25, -0.2) is 0 Å². The molecule has 0 aliphatic rings. The Hall–Kier alpha value is -2.59. The van der Waals surface area contributed by atoms with Crippen molar-refractivity contribution < 1.29 is 4.79 Å². The number of carbonyl (C=O) groups excluding carboxylic acids is 1. The van der Waals surface area contributed by atoms with E-state index in [-0.39, 0.29) is 5.91 Å². The highest BCUT2D eigenvalue weighted by Crippen LogP contribution is 2.19. The van der Waals surface area contributed by atoms with E-state index in [1.807, 2.05) is 48.5 Å². The normalized spacial score (nSPS) is 10.4. The summed E-state index contributed by atoms with van der Waals surface area (Å²) in [5.74, 6) is 0.411. The molecule has 0 saturated carbocycles. The lowest BCUT2D eigenvalue weighted by atomic mass is 10.1. The molecule has 0 aliphatic carbocycles. The first-order valence-electron chi connectivity index (χ1n) is 8.16. The monoisotopic (exact) mass is 348 g/mol. The summed E-state index contributed by atoms with van der Waals surface area (Å²) in [6, 6.07) is 20.2. The van der Waals surface area contributed by atoms with Crippen LogP contribution >= 0.6 is 11.8 Å². The predicted molar refractivity (Wildman–Crippen MR) is 104 cm³/mol. The highest BCUT2D eigenvalue weighted by molar-refractivity contribution is 8.00. The lowest BCUT2D eigenvalue weighted by molar-refractivity contribution is -0.113. The van der Waals surface area contributed by atoms with Gasteiger partial charge in [-0.3, -0.25) is 9.78 Å². The fourth-order valence-corrected chi connectivity index (χ4v) is 3.12. The summed E-state index contributed by atoms with van der Waals surface area (Å²) >= 11 is 1.54. The average molecular weight is 348 g/mol. The predicted octanol–water partition coefficient (Wildman–Crippen LogP) is 4.71. The molecule has 0 saturated heterocycles. The molecule has 0 bridgehead atoms. The molecule has 3 aromatic rings. The van der Waals surface area contributed by atoms with Gasteiger partial charge in [-0.05, 0) is 60.9 Å². The van der Waals surface area contributed by atoms with Crippen LogP contribution in [0.3, 0.4) is 0 Å². The third kappa shape index (κ3) is 5.47. The number of anilines is 1. The van der Waals surface area contributed by atoms with Crippen molar-refractivity contribution in [1.82, 2.24) is 4.98 Å². The molecule has 4 heteroatoms. The number of aryl methyl sites for hydroxylation is 1. The van der Waals surface area contributed by atoms with Crippen molar-refractivity contribution in [2.45, 2.75) is 18.2 Å². The van der Waals surface area contributed by atoms with E-state index < -0.39 is 0 Å². The largest absolute Gasteiger partial charge is 0.325 e. The summed E-state index contributed by atoms with van der Waals surface area (Å²) in [5, 5.41) is 2.94. The van der Waals surface area contributed by atoms with E-state index >= 15 is 0 Å². The van der Waals surface area contributed by atoms with Crippen molar-refractivity contribution in [3.63, 3.8) is 0 Å². The number of thioether (sulfide) groups is 1. The number of hydrogen-bond acceptors (Lipinski definition) is 3. The molecule has 1 N–H and O–H groups in total. The Morgan fingerprint density at radius 2 is 1.56 bits per heavy atom. The van der Waals surface area contributed by atoms with Crippen LogP contribution in [0.1, 0.15) is 16.7 Å². The summed E-state index contributed by atoms with van der Waals surface area (Å²) in [4.78, 5) is 17.2. The van der Waals surface area contributed by atoms with E-state index in [0.29, 0.717) is 5.75 Å². The summed E-state index contributed by atoms with van der Waals surface area (Å²) < 4.78 is 0. The number of nitrogens with zero attached hydrogens (tertiary/aromatic N) is 1. The molecule has 0 unspecified atom stereocenters. The Kier molecular flexibility index (Phi) is 5.86. The minimum atomic E-state index is 0.00691. The van der Waals surface area contributed by atoms with E-state index in [9.17, 15) is 4.79 Å². The Labute approximate surface area is 152 Å². The summed E-state index contributed by atoms with van der Waals surface area (Å²) in [6.45, 7) is 2.06. The first-order chi connectivity index (χ1) is 12.2. The SMILES string of the molecule is Cc1ccc(SCC(=O)Nc2ccc(Cc3ccncc3)cc2)cc1. The van der Waals surface area contributed by atoms with Gasteiger partial charge in [0, 0.05) is 23.0 Å². The molecule has 1 heterocycles. The molecule has 0 radical (unpaired) electrons. The van der Waals surface area contributed by atoms with Crippen LogP contribution in [-0.2, 0) is 11.2 Å². The molecule has 3 rings (SSSR count). The first-order valence-corrected chi connectivity index (χ1v) is 9.15. The molecule has 0 aliphatic heterocycles. The number of nitrogens with one attached hydrogen (secondary N) is 1. The van der Waals surface area contributed by atoms with Gasteiger partial charge in [0.05, 0.1) is 5.75 Å². The second-order valence-corrected chi connectivity index (χ2v) is 6.93. The van der Waals surface area contributed by atoms with E-state index in [1.165, 1.54) is 16.7 Å². The molecule has 25 heavy (non-hydrogen) atoms. The molecule has 1 aromatic heterocycles. The third-order valence-electron chi connectivity index (χ3n) is 3.79. The minimum absolute atomic E-state index is 0.00691. The Morgan fingerprint density at radius 3 is 2.24 bits per heavy atom. The van der Waals surface area contributed by atoms with Crippen LogP contribution < -0.4 is 5.32 Å². The van der Waals surface area contributed by atoms with Crippen molar-refractivity contribution in [1.29, 1.82) is 0 Å². The number of rotatable bonds is 6. The maximum atomic E-state index is 12.1. The van der Waals surface area contributed by atoms with Crippen LogP contribution in [0.2, 0.25) is 0 Å². The van der Waals surface area contributed by atoms with Crippen LogP contribution in [0, 0.1) is 6.92 Å². The van der Waals surface area contributed by atoms with Gasteiger partial charge in [0.25, 0.3) is 0 Å². The van der Waals surface area contributed by atoms with Gasteiger partial charge >= 0.3 is 0 Å². The topological polar surface area (TPSA) is 42.0 Å². The van der Waals surface area contributed by atoms with Crippen molar-refractivity contribution in [2.24, 2.45) is 0 Å². The molecule has 1 amide bonds. The summed E-state index contributed by atoms with van der Waals surface area (Å²) in [5.41, 5.74) is 4.48. The number of pyridine rings is 1. The Bertz CT molecular complexity index is 815. The quantitative estimate of drug-likeness (QED) is 0.656. The maximum Gasteiger partial charge on any atom is 0.234 e. The van der Waals surface area contributed by atoms with Gasteiger partial charge < -0.3 is 5.32 Å². The Morgan fingerprint density at radius 1 is 0.920 bits per heavy atom. The lowest BCUT2D eigenvalue weighted by Crippen LogP contribution is -2.13. The van der Waals surface area contributed by atoms with E-state index in [2.05, 4.69) is 29.4 Å². The van der Waals surface area contributed by atoms with Crippen LogP contribution in [0.4, 0.5) is 5.69 Å². The van der Waals surface area contributed by atoms with Gasteiger partial charge in [-0.2, -0.15) is 0 Å². The number of aromatic nitrogens is 1. The van der Waals surface area contributed by atoms with E-state index in [4.69, 9.17) is 0 Å². The molecule has 0 atom stereocenters. The zero-order chi connectivity index (χ0) is 17.5. The summed E-state index contributed by atoms with van der Waals surface area (Å²) in [7, 11) is 0. The van der Waals surface area contributed by atoms with Crippen molar-refractivity contribution in [3.8, 4) is 0 Å². The molecule has 0 spiro atoms. The fraction of sp³-hybridized carbons (Fsp3) is 0.143. The summed E-state index contributed by atoms with van der Waals surface area (Å²) in [6.07, 6.45) is 4.46. The lowest BCUT2D eigenvalue weighted by Gasteiger charge is -2.07. The second-order valence-electron chi connectivity index (χ2n) is 5.88. The highest BCUT2D eigenvalue weighted by Gasteiger charge is 2.04. The van der Waals surface area contributed by atoms with Crippen LogP contribution in [0.25, 0.3) is 0 Å². The van der Waals surface area contributed by atoms with Gasteiger partial charge in [-0.15, -0.1) is 11.8 Å². The third-order valence-corrected chi connectivity index (χ3v) is 4.80. The molecule has 0 fully saturated rings. The standard InChI is InChI=1S/C21H20N2OS/c1-16-2-8-20(9-3-16)25-15-21(24)23-19-6-4-17(5-7-19)14-18-10-12-22-13-11-18/h2-13H,14-15H2,1H3,(H,23,24). The molecule has 126 valence electrons. The zero-order valence-electron chi connectivity index (χ0n) is 14.1. The van der Waals surface area contributed by atoms with Crippen LogP contribution in [0.5, 0.6) is 0 Å². The van der Waals surface area contributed by atoms with Crippen LogP contribution in [0.15, 0.2) is 78.0 Å². The molecular weight excluding hydrogens is 328 g/mol. The number of hydrogen-bond donors (Lipinski definition) is 1. The van der Waals surface area contributed by atoms with Gasteiger partial charge in [-0.1, -0.05) is 29.8 Å².